The minimum Gasteiger partial charge on any atom is -0.316 e. The van der Waals surface area contributed by atoms with E-state index in [9.17, 15) is 0 Å². The van der Waals surface area contributed by atoms with Gasteiger partial charge in [-0.1, -0.05) is 6.92 Å². The van der Waals surface area contributed by atoms with Crippen molar-refractivity contribution in [3.05, 3.63) is 15.9 Å². The number of rotatable bonds is 6. The van der Waals surface area contributed by atoms with Gasteiger partial charge in [-0.05, 0) is 68.2 Å². The van der Waals surface area contributed by atoms with E-state index in [0.717, 1.165) is 32.0 Å². The van der Waals surface area contributed by atoms with Crippen LogP contribution in [-0.4, -0.2) is 41.4 Å². The number of aryl methyl sites for hydroxylation is 2. The average molecular weight is 343 g/mol. The zero-order valence-corrected chi connectivity index (χ0v) is 14.5. The molecule has 1 aromatic heterocycles. The molecule has 5 heteroatoms. The van der Waals surface area contributed by atoms with Crippen molar-refractivity contribution in [2.45, 2.75) is 46.2 Å². The quantitative estimate of drug-likeness (QED) is 0.862. The third-order valence-corrected chi connectivity index (χ3v) is 5.00. The summed E-state index contributed by atoms with van der Waals surface area (Å²) in [6.07, 6.45) is 3.65. The normalized spacial score (nSPS) is 19.8. The third kappa shape index (κ3) is 3.83. The van der Waals surface area contributed by atoms with Gasteiger partial charge in [0.15, 0.2) is 0 Å². The van der Waals surface area contributed by atoms with Gasteiger partial charge in [0.1, 0.15) is 0 Å². The number of piperidine rings is 1. The zero-order valence-electron chi connectivity index (χ0n) is 13.0. The zero-order chi connectivity index (χ0) is 14.5. The number of aromatic nitrogens is 2. The van der Waals surface area contributed by atoms with E-state index in [1.807, 2.05) is 0 Å². The average Bonchev–Trinajstić information content (AvgIpc) is 2.76. The molecule has 0 aliphatic carbocycles. The van der Waals surface area contributed by atoms with E-state index in [4.69, 9.17) is 0 Å². The second-order valence-corrected chi connectivity index (χ2v) is 6.58. The Labute approximate surface area is 131 Å². The van der Waals surface area contributed by atoms with Crippen LogP contribution in [0.25, 0.3) is 0 Å². The van der Waals surface area contributed by atoms with Crippen LogP contribution in [0.1, 0.15) is 38.1 Å². The van der Waals surface area contributed by atoms with Crippen LogP contribution < -0.4 is 5.32 Å². The van der Waals surface area contributed by atoms with Crippen LogP contribution in [-0.2, 0) is 19.5 Å². The highest BCUT2D eigenvalue weighted by molar-refractivity contribution is 9.10. The maximum absolute atomic E-state index is 4.68. The molecule has 1 atom stereocenters. The monoisotopic (exact) mass is 342 g/mol. The van der Waals surface area contributed by atoms with Crippen molar-refractivity contribution in [1.82, 2.24) is 20.0 Å². The second-order valence-electron chi connectivity index (χ2n) is 5.79. The van der Waals surface area contributed by atoms with Crippen LogP contribution >= 0.6 is 15.9 Å². The molecule has 114 valence electrons. The predicted molar refractivity (Wildman–Crippen MR) is 86.9 cm³/mol. The summed E-state index contributed by atoms with van der Waals surface area (Å²) < 4.78 is 3.34. The lowest BCUT2D eigenvalue weighted by atomic mass is 9.99. The van der Waals surface area contributed by atoms with Crippen molar-refractivity contribution < 1.29 is 0 Å². The molecule has 1 aromatic rings. The Morgan fingerprint density at radius 3 is 2.85 bits per heavy atom. The van der Waals surface area contributed by atoms with E-state index in [0.29, 0.717) is 0 Å². The van der Waals surface area contributed by atoms with E-state index in [1.165, 1.54) is 41.8 Å². The molecule has 0 saturated carbocycles. The Kier molecular flexibility index (Phi) is 6.05. The summed E-state index contributed by atoms with van der Waals surface area (Å²) in [6.45, 7) is 9.75. The van der Waals surface area contributed by atoms with Crippen LogP contribution in [0.4, 0.5) is 0 Å². The lowest BCUT2D eigenvalue weighted by Gasteiger charge is -2.27. The number of hydrogen-bond acceptors (Lipinski definition) is 3. The smallest absolute Gasteiger partial charge is 0.0767 e. The van der Waals surface area contributed by atoms with Crippen LogP contribution in [0, 0.1) is 5.92 Å². The first-order valence-electron chi connectivity index (χ1n) is 7.79. The second kappa shape index (κ2) is 7.57. The molecule has 0 radical (unpaired) electrons. The molecular weight excluding hydrogens is 316 g/mol. The fourth-order valence-corrected chi connectivity index (χ4v) is 3.70. The summed E-state index contributed by atoms with van der Waals surface area (Å²) in [5.41, 5.74) is 2.49. The van der Waals surface area contributed by atoms with Gasteiger partial charge in [-0.25, -0.2) is 0 Å². The third-order valence-electron chi connectivity index (χ3n) is 4.08. The molecular formula is C15H27BrN4. The summed E-state index contributed by atoms with van der Waals surface area (Å²) >= 11 is 3.73. The van der Waals surface area contributed by atoms with Gasteiger partial charge in [-0.3, -0.25) is 4.68 Å². The molecule has 1 aliphatic rings. The molecule has 4 nitrogen and oxygen atoms in total. The number of nitrogens with zero attached hydrogens (tertiary/aromatic N) is 3. The van der Waals surface area contributed by atoms with Gasteiger partial charge in [0.2, 0.25) is 0 Å². The van der Waals surface area contributed by atoms with E-state index < -0.39 is 0 Å². The first-order chi connectivity index (χ1) is 9.65. The molecule has 1 aliphatic heterocycles. The molecule has 2 rings (SSSR count). The lowest BCUT2D eigenvalue weighted by Crippen LogP contribution is -2.36. The van der Waals surface area contributed by atoms with Crippen molar-refractivity contribution in [1.29, 1.82) is 0 Å². The number of halogens is 1. The minimum atomic E-state index is 0.788. The van der Waals surface area contributed by atoms with Gasteiger partial charge < -0.3 is 10.2 Å². The Hall–Kier alpha value is -0.390. The molecule has 0 spiro atoms. The Balaban J connectivity index is 1.99. The fraction of sp³-hybridized carbons (Fsp3) is 0.800. The van der Waals surface area contributed by atoms with E-state index in [2.05, 4.69) is 56.8 Å². The Morgan fingerprint density at radius 2 is 2.25 bits per heavy atom. The topological polar surface area (TPSA) is 33.1 Å². The molecule has 1 saturated heterocycles. The van der Waals surface area contributed by atoms with Crippen molar-refractivity contribution in [2.24, 2.45) is 5.92 Å². The van der Waals surface area contributed by atoms with Gasteiger partial charge in [-0.2, -0.15) is 5.10 Å². The molecule has 0 bridgehead atoms. The van der Waals surface area contributed by atoms with E-state index in [-0.39, 0.29) is 0 Å². The Bertz CT molecular complexity index is 424. The number of hydrogen-bond donors (Lipinski definition) is 1. The van der Waals surface area contributed by atoms with Crippen LogP contribution in [0.2, 0.25) is 0 Å². The first-order valence-corrected chi connectivity index (χ1v) is 8.58. The summed E-state index contributed by atoms with van der Waals surface area (Å²) in [6, 6.07) is 0. The van der Waals surface area contributed by atoms with Crippen LogP contribution in [0.3, 0.4) is 0 Å². The van der Waals surface area contributed by atoms with Gasteiger partial charge in [-0.15, -0.1) is 0 Å². The SMILES string of the molecule is CCc1nn(CC)c(CN(C)CC2CCCNC2)c1Br. The van der Waals surface area contributed by atoms with Crippen LogP contribution in [0.5, 0.6) is 0 Å². The van der Waals surface area contributed by atoms with Crippen LogP contribution in [0.15, 0.2) is 4.47 Å². The summed E-state index contributed by atoms with van der Waals surface area (Å²) in [5, 5.41) is 8.18. The highest BCUT2D eigenvalue weighted by Gasteiger charge is 2.18. The van der Waals surface area contributed by atoms with Crippen molar-refractivity contribution in [3.63, 3.8) is 0 Å². The lowest BCUT2D eigenvalue weighted by molar-refractivity contribution is 0.232. The van der Waals surface area contributed by atoms with E-state index >= 15 is 0 Å². The molecule has 1 unspecified atom stereocenters. The molecule has 1 fully saturated rings. The molecule has 0 aromatic carbocycles. The molecule has 20 heavy (non-hydrogen) atoms. The predicted octanol–water partition coefficient (Wildman–Crippen LogP) is 2.66. The summed E-state index contributed by atoms with van der Waals surface area (Å²) in [4.78, 5) is 2.44. The first kappa shape index (κ1) is 16.0. The van der Waals surface area contributed by atoms with E-state index in [1.54, 1.807) is 0 Å². The Morgan fingerprint density at radius 1 is 1.45 bits per heavy atom. The van der Waals surface area contributed by atoms with Crippen molar-refractivity contribution >= 4 is 15.9 Å². The van der Waals surface area contributed by atoms with Gasteiger partial charge in [0, 0.05) is 19.6 Å². The van der Waals surface area contributed by atoms with Gasteiger partial charge in [0.25, 0.3) is 0 Å². The van der Waals surface area contributed by atoms with Crippen molar-refractivity contribution in [2.75, 3.05) is 26.7 Å². The maximum atomic E-state index is 4.68. The maximum Gasteiger partial charge on any atom is 0.0767 e. The largest absolute Gasteiger partial charge is 0.316 e. The van der Waals surface area contributed by atoms with Gasteiger partial charge >= 0.3 is 0 Å². The molecule has 2 heterocycles. The molecule has 0 amide bonds. The number of nitrogens with one attached hydrogen (secondary N) is 1. The standard InChI is InChI=1S/C15H27BrN4/c1-4-13-15(16)14(20(5-2)18-13)11-19(3)10-12-7-6-8-17-9-12/h12,17H,4-11H2,1-3H3. The summed E-state index contributed by atoms with van der Waals surface area (Å²) in [7, 11) is 2.22. The minimum absolute atomic E-state index is 0.788. The fourth-order valence-electron chi connectivity index (χ4n) is 3.01. The molecule has 1 N–H and O–H groups in total. The van der Waals surface area contributed by atoms with Crippen molar-refractivity contribution in [3.8, 4) is 0 Å². The highest BCUT2D eigenvalue weighted by atomic mass is 79.9. The van der Waals surface area contributed by atoms with Gasteiger partial charge in [0.05, 0.1) is 15.9 Å². The highest BCUT2D eigenvalue weighted by Crippen LogP contribution is 2.24. The summed E-state index contributed by atoms with van der Waals surface area (Å²) in [5.74, 6) is 0.788.